The second-order valence-electron chi connectivity index (χ2n) is 7.65. The van der Waals surface area contributed by atoms with Crippen LogP contribution in [0.15, 0.2) is 29.2 Å². The fourth-order valence-corrected chi connectivity index (χ4v) is 6.14. The first-order valence-electron chi connectivity index (χ1n) is 10.5. The van der Waals surface area contributed by atoms with Crippen molar-refractivity contribution in [2.75, 3.05) is 26.0 Å². The average molecular weight is 464 g/mol. The van der Waals surface area contributed by atoms with Crippen molar-refractivity contribution in [1.82, 2.24) is 9.62 Å². The number of hydrogen-bond donors (Lipinski definition) is 2. The van der Waals surface area contributed by atoms with E-state index < -0.39 is 10.0 Å². The standard InChI is InChI=1S/C22H29N3O4S2/c1-4-5-14-25(3)31(28,29)16-12-10-15(11-13-16)20(26)24-22-19(21(27)23-2)17-8-6-7-9-18(17)30-22/h10-13H,4-9,14H2,1-3H3,(H,23,27)(H,24,26). The first kappa shape index (κ1) is 23.4. The van der Waals surface area contributed by atoms with Gasteiger partial charge in [-0.15, -0.1) is 11.3 Å². The highest BCUT2D eigenvalue weighted by molar-refractivity contribution is 7.89. The zero-order chi connectivity index (χ0) is 22.6. The summed E-state index contributed by atoms with van der Waals surface area (Å²) in [5, 5.41) is 6.08. The number of carbonyl (C=O) groups is 2. The number of nitrogens with one attached hydrogen (secondary N) is 2. The minimum Gasteiger partial charge on any atom is -0.355 e. The summed E-state index contributed by atoms with van der Waals surface area (Å²) in [4.78, 5) is 26.6. The van der Waals surface area contributed by atoms with Crippen molar-refractivity contribution in [1.29, 1.82) is 0 Å². The number of unbranched alkanes of at least 4 members (excludes halogenated alkanes) is 1. The molecule has 1 aromatic heterocycles. The second-order valence-corrected chi connectivity index (χ2v) is 10.8. The summed E-state index contributed by atoms with van der Waals surface area (Å²) in [7, 11) is -0.444. The number of thiophene rings is 1. The number of nitrogens with zero attached hydrogens (tertiary/aromatic N) is 1. The summed E-state index contributed by atoms with van der Waals surface area (Å²) in [5.41, 5.74) is 1.92. The molecule has 0 saturated carbocycles. The highest BCUT2D eigenvalue weighted by Gasteiger charge is 2.26. The monoisotopic (exact) mass is 463 g/mol. The summed E-state index contributed by atoms with van der Waals surface area (Å²) in [6.07, 6.45) is 5.55. The maximum absolute atomic E-state index is 12.8. The van der Waals surface area contributed by atoms with Gasteiger partial charge in [-0.1, -0.05) is 13.3 Å². The maximum Gasteiger partial charge on any atom is 0.256 e. The van der Waals surface area contributed by atoms with Gasteiger partial charge in [0.25, 0.3) is 11.8 Å². The van der Waals surface area contributed by atoms with Crippen LogP contribution in [0.3, 0.4) is 0 Å². The SMILES string of the molecule is CCCCN(C)S(=O)(=O)c1ccc(C(=O)Nc2sc3c(c2C(=O)NC)CCCC3)cc1. The van der Waals surface area contributed by atoms with Gasteiger partial charge in [0.1, 0.15) is 5.00 Å². The van der Waals surface area contributed by atoms with Crippen LogP contribution in [0.2, 0.25) is 0 Å². The van der Waals surface area contributed by atoms with Crippen LogP contribution in [0.25, 0.3) is 0 Å². The van der Waals surface area contributed by atoms with Crippen molar-refractivity contribution in [3.8, 4) is 0 Å². The molecule has 3 rings (SSSR count). The molecule has 0 aliphatic heterocycles. The fourth-order valence-electron chi connectivity index (χ4n) is 3.65. The first-order valence-corrected chi connectivity index (χ1v) is 12.8. The molecule has 0 unspecified atom stereocenters. The molecule has 7 nitrogen and oxygen atoms in total. The number of hydrogen-bond acceptors (Lipinski definition) is 5. The van der Waals surface area contributed by atoms with Crippen LogP contribution in [0, 0.1) is 0 Å². The van der Waals surface area contributed by atoms with Gasteiger partial charge in [-0.3, -0.25) is 9.59 Å². The van der Waals surface area contributed by atoms with Crippen molar-refractivity contribution in [2.45, 2.75) is 50.3 Å². The molecule has 0 spiro atoms. The number of rotatable bonds is 8. The predicted molar refractivity (Wildman–Crippen MR) is 123 cm³/mol. The summed E-state index contributed by atoms with van der Waals surface area (Å²) < 4.78 is 26.6. The Morgan fingerprint density at radius 1 is 1.10 bits per heavy atom. The number of fused-ring (bicyclic) bond motifs is 1. The summed E-state index contributed by atoms with van der Waals surface area (Å²) >= 11 is 1.45. The van der Waals surface area contributed by atoms with E-state index in [1.807, 2.05) is 6.92 Å². The number of amides is 2. The van der Waals surface area contributed by atoms with Crippen LogP contribution in [-0.2, 0) is 22.9 Å². The summed E-state index contributed by atoms with van der Waals surface area (Å²) in [6, 6.07) is 5.91. The van der Waals surface area contributed by atoms with E-state index in [0.29, 0.717) is 22.7 Å². The smallest absolute Gasteiger partial charge is 0.256 e. The second kappa shape index (κ2) is 9.93. The minimum absolute atomic E-state index is 0.153. The molecule has 9 heteroatoms. The van der Waals surface area contributed by atoms with Crippen molar-refractivity contribution in [3.63, 3.8) is 0 Å². The highest BCUT2D eigenvalue weighted by atomic mass is 32.2. The van der Waals surface area contributed by atoms with E-state index in [1.54, 1.807) is 14.1 Å². The summed E-state index contributed by atoms with van der Waals surface area (Å²) in [5.74, 6) is -0.571. The van der Waals surface area contributed by atoms with E-state index in [4.69, 9.17) is 0 Å². The molecule has 2 amide bonds. The lowest BCUT2D eigenvalue weighted by molar-refractivity contribution is 0.0963. The topological polar surface area (TPSA) is 95.6 Å². The number of aryl methyl sites for hydroxylation is 1. The number of sulfonamides is 1. The predicted octanol–water partition coefficient (Wildman–Crippen LogP) is 3.66. The lowest BCUT2D eigenvalue weighted by atomic mass is 9.95. The maximum atomic E-state index is 12.8. The number of carbonyl (C=O) groups excluding carboxylic acids is 2. The van der Waals surface area contributed by atoms with E-state index in [2.05, 4.69) is 10.6 Å². The van der Waals surface area contributed by atoms with Crippen LogP contribution < -0.4 is 10.6 Å². The minimum atomic E-state index is -3.59. The molecule has 2 aromatic rings. The highest BCUT2D eigenvalue weighted by Crippen LogP contribution is 2.38. The van der Waals surface area contributed by atoms with Crippen molar-refractivity contribution >= 4 is 38.2 Å². The Bertz CT molecular complexity index is 1060. The normalized spacial score (nSPS) is 13.7. The van der Waals surface area contributed by atoms with Gasteiger partial charge < -0.3 is 10.6 Å². The van der Waals surface area contributed by atoms with E-state index >= 15 is 0 Å². The van der Waals surface area contributed by atoms with Crippen molar-refractivity contribution < 1.29 is 18.0 Å². The third kappa shape index (κ3) is 4.99. The van der Waals surface area contributed by atoms with E-state index in [9.17, 15) is 18.0 Å². The number of anilines is 1. The Morgan fingerprint density at radius 3 is 2.42 bits per heavy atom. The molecule has 0 saturated heterocycles. The zero-order valence-electron chi connectivity index (χ0n) is 18.2. The number of benzene rings is 1. The molecule has 1 aliphatic carbocycles. The molecule has 0 atom stereocenters. The molecule has 1 aromatic carbocycles. The van der Waals surface area contributed by atoms with Crippen molar-refractivity contribution in [3.05, 3.63) is 45.8 Å². The van der Waals surface area contributed by atoms with Crippen LogP contribution in [0.4, 0.5) is 5.00 Å². The van der Waals surface area contributed by atoms with E-state index in [0.717, 1.165) is 49.0 Å². The van der Waals surface area contributed by atoms with Gasteiger partial charge in [0.2, 0.25) is 10.0 Å². The first-order chi connectivity index (χ1) is 14.8. The molecule has 31 heavy (non-hydrogen) atoms. The van der Waals surface area contributed by atoms with Gasteiger partial charge in [0, 0.05) is 31.1 Å². The van der Waals surface area contributed by atoms with Gasteiger partial charge in [-0.2, -0.15) is 0 Å². The molecule has 168 valence electrons. The molecular weight excluding hydrogens is 434 g/mol. The summed E-state index contributed by atoms with van der Waals surface area (Å²) in [6.45, 7) is 2.46. The Hall–Kier alpha value is -2.23. The van der Waals surface area contributed by atoms with Gasteiger partial charge >= 0.3 is 0 Å². The lowest BCUT2D eigenvalue weighted by Gasteiger charge is -2.17. The van der Waals surface area contributed by atoms with Gasteiger partial charge in [0.05, 0.1) is 10.5 Å². The van der Waals surface area contributed by atoms with Crippen LogP contribution in [0.5, 0.6) is 0 Å². The molecular formula is C22H29N3O4S2. The third-order valence-electron chi connectivity index (χ3n) is 5.50. The van der Waals surface area contributed by atoms with Gasteiger partial charge in [-0.05, 0) is 61.9 Å². The Kier molecular flexibility index (Phi) is 7.51. The molecule has 0 bridgehead atoms. The Balaban J connectivity index is 1.81. The molecule has 0 radical (unpaired) electrons. The van der Waals surface area contributed by atoms with E-state index in [-0.39, 0.29) is 16.7 Å². The van der Waals surface area contributed by atoms with Crippen molar-refractivity contribution in [2.24, 2.45) is 0 Å². The quantitative estimate of drug-likeness (QED) is 0.625. The van der Waals surface area contributed by atoms with Crippen LogP contribution in [0.1, 0.15) is 63.8 Å². The lowest BCUT2D eigenvalue weighted by Crippen LogP contribution is -2.28. The Labute approximate surface area is 187 Å². The van der Waals surface area contributed by atoms with Crippen LogP contribution in [-0.4, -0.2) is 45.2 Å². The largest absolute Gasteiger partial charge is 0.355 e. The third-order valence-corrected chi connectivity index (χ3v) is 8.58. The zero-order valence-corrected chi connectivity index (χ0v) is 19.8. The fraction of sp³-hybridized carbons (Fsp3) is 0.455. The van der Waals surface area contributed by atoms with Crippen LogP contribution >= 0.6 is 11.3 Å². The molecule has 1 aliphatic rings. The van der Waals surface area contributed by atoms with E-state index in [1.165, 1.54) is 39.9 Å². The average Bonchev–Trinajstić information content (AvgIpc) is 3.14. The molecule has 1 heterocycles. The Morgan fingerprint density at radius 2 is 1.77 bits per heavy atom. The molecule has 2 N–H and O–H groups in total. The van der Waals surface area contributed by atoms with Gasteiger partial charge in [-0.25, -0.2) is 12.7 Å². The van der Waals surface area contributed by atoms with Gasteiger partial charge in [0.15, 0.2) is 0 Å². The molecule has 0 fully saturated rings.